The van der Waals surface area contributed by atoms with Gasteiger partial charge in [-0.3, -0.25) is 0 Å². The van der Waals surface area contributed by atoms with Crippen LogP contribution in [0.1, 0.15) is 61.3 Å². The van der Waals surface area contributed by atoms with Gasteiger partial charge in [0.15, 0.2) is 0 Å². The zero-order valence-electron chi connectivity index (χ0n) is 11.1. The molecule has 0 N–H and O–H groups in total. The monoisotopic (exact) mass is 196 g/mol. The molecule has 0 saturated heterocycles. The maximum absolute atomic E-state index is 2.46. The molecule has 1 saturated carbocycles. The first-order chi connectivity index (χ1) is 6.16. The molecule has 0 unspecified atom stereocenters. The van der Waals surface area contributed by atoms with Crippen molar-refractivity contribution in [2.75, 3.05) is 0 Å². The fourth-order valence-electron chi connectivity index (χ4n) is 3.76. The zero-order valence-corrected chi connectivity index (χ0v) is 11.1. The van der Waals surface area contributed by atoms with Crippen LogP contribution in [0.15, 0.2) is 0 Å². The Morgan fingerprint density at radius 1 is 1.14 bits per heavy atom. The molecule has 0 aromatic heterocycles. The second kappa shape index (κ2) is 3.54. The van der Waals surface area contributed by atoms with Gasteiger partial charge in [0.25, 0.3) is 0 Å². The lowest BCUT2D eigenvalue weighted by Crippen LogP contribution is -2.33. The van der Waals surface area contributed by atoms with Crippen molar-refractivity contribution < 1.29 is 0 Å². The normalized spacial score (nSPS) is 32.6. The minimum Gasteiger partial charge on any atom is -0.0625 e. The van der Waals surface area contributed by atoms with Gasteiger partial charge in [0.05, 0.1) is 0 Å². The SMILES string of the molecule is CC(C)[C@H]1[C@@H](C(C)(C)C)CCC1(C)C. The van der Waals surface area contributed by atoms with E-state index in [9.17, 15) is 0 Å². The van der Waals surface area contributed by atoms with Crippen molar-refractivity contribution in [2.45, 2.75) is 61.3 Å². The highest BCUT2D eigenvalue weighted by molar-refractivity contribution is 4.96. The quantitative estimate of drug-likeness (QED) is 0.568. The summed E-state index contributed by atoms with van der Waals surface area (Å²) in [5.74, 6) is 2.65. The fourth-order valence-corrected chi connectivity index (χ4v) is 3.76. The van der Waals surface area contributed by atoms with Gasteiger partial charge in [0, 0.05) is 0 Å². The van der Waals surface area contributed by atoms with Gasteiger partial charge in [-0.25, -0.2) is 0 Å². The van der Waals surface area contributed by atoms with Crippen LogP contribution in [0.25, 0.3) is 0 Å². The van der Waals surface area contributed by atoms with E-state index in [4.69, 9.17) is 0 Å². The van der Waals surface area contributed by atoms with Crippen molar-refractivity contribution in [3.05, 3.63) is 0 Å². The summed E-state index contributed by atoms with van der Waals surface area (Å²) in [6.45, 7) is 17.0. The summed E-state index contributed by atoms with van der Waals surface area (Å²) in [6, 6.07) is 0. The van der Waals surface area contributed by atoms with Gasteiger partial charge in [-0.1, -0.05) is 48.5 Å². The largest absolute Gasteiger partial charge is 0.0625 e. The molecule has 0 aliphatic heterocycles. The van der Waals surface area contributed by atoms with Crippen LogP contribution in [0.5, 0.6) is 0 Å². The minimum atomic E-state index is 0.489. The molecule has 84 valence electrons. The summed E-state index contributed by atoms with van der Waals surface area (Å²) in [5.41, 5.74) is 1.05. The van der Waals surface area contributed by atoms with Crippen LogP contribution in [-0.2, 0) is 0 Å². The van der Waals surface area contributed by atoms with E-state index < -0.39 is 0 Å². The average Bonchev–Trinajstić information content (AvgIpc) is 2.23. The minimum absolute atomic E-state index is 0.489. The Morgan fingerprint density at radius 2 is 1.64 bits per heavy atom. The number of hydrogen-bond donors (Lipinski definition) is 0. The summed E-state index contributed by atoms with van der Waals surface area (Å²) in [4.78, 5) is 0. The molecular formula is C14H28. The van der Waals surface area contributed by atoms with Gasteiger partial charge < -0.3 is 0 Å². The second-order valence-corrected chi connectivity index (χ2v) is 7.27. The van der Waals surface area contributed by atoms with E-state index in [0.717, 1.165) is 17.8 Å². The molecule has 0 spiro atoms. The number of rotatable bonds is 1. The number of hydrogen-bond acceptors (Lipinski definition) is 0. The van der Waals surface area contributed by atoms with Crippen LogP contribution in [0.4, 0.5) is 0 Å². The third kappa shape index (κ3) is 2.15. The third-order valence-corrected chi connectivity index (χ3v) is 4.27. The van der Waals surface area contributed by atoms with Crippen molar-refractivity contribution in [1.29, 1.82) is 0 Å². The Balaban J connectivity index is 2.90. The average molecular weight is 196 g/mol. The van der Waals surface area contributed by atoms with Gasteiger partial charge in [-0.15, -0.1) is 0 Å². The summed E-state index contributed by atoms with van der Waals surface area (Å²) >= 11 is 0. The van der Waals surface area contributed by atoms with E-state index >= 15 is 0 Å². The summed E-state index contributed by atoms with van der Waals surface area (Å²) in [6.07, 6.45) is 2.84. The van der Waals surface area contributed by atoms with E-state index in [-0.39, 0.29) is 0 Å². The van der Waals surface area contributed by atoms with Crippen molar-refractivity contribution >= 4 is 0 Å². The highest BCUT2D eigenvalue weighted by Gasteiger charge is 2.47. The summed E-state index contributed by atoms with van der Waals surface area (Å²) < 4.78 is 0. The van der Waals surface area contributed by atoms with E-state index in [2.05, 4.69) is 48.5 Å². The highest BCUT2D eigenvalue weighted by Crippen LogP contribution is 2.55. The molecule has 1 aliphatic carbocycles. The maximum Gasteiger partial charge on any atom is -0.0306 e. The van der Waals surface area contributed by atoms with Crippen molar-refractivity contribution in [2.24, 2.45) is 28.6 Å². The van der Waals surface area contributed by atoms with Crippen LogP contribution >= 0.6 is 0 Å². The van der Waals surface area contributed by atoms with Gasteiger partial charge in [-0.2, -0.15) is 0 Å². The molecule has 1 rings (SSSR count). The zero-order chi connectivity index (χ0) is 11.1. The lowest BCUT2D eigenvalue weighted by atomic mass is 9.65. The lowest BCUT2D eigenvalue weighted by Gasteiger charge is -2.40. The Hall–Kier alpha value is 0. The highest BCUT2D eigenvalue weighted by atomic mass is 14.5. The molecule has 1 aliphatic rings. The fraction of sp³-hybridized carbons (Fsp3) is 1.00. The van der Waals surface area contributed by atoms with Gasteiger partial charge >= 0.3 is 0 Å². The van der Waals surface area contributed by atoms with Gasteiger partial charge in [0.1, 0.15) is 0 Å². The first-order valence-corrected chi connectivity index (χ1v) is 6.16. The van der Waals surface area contributed by atoms with E-state index in [0.29, 0.717) is 10.8 Å². The molecule has 0 nitrogen and oxygen atoms in total. The van der Waals surface area contributed by atoms with Crippen LogP contribution in [0.3, 0.4) is 0 Å². The van der Waals surface area contributed by atoms with Crippen molar-refractivity contribution in [3.63, 3.8) is 0 Å². The van der Waals surface area contributed by atoms with E-state index in [1.54, 1.807) is 0 Å². The Kier molecular flexibility index (Phi) is 3.05. The van der Waals surface area contributed by atoms with Crippen molar-refractivity contribution in [1.82, 2.24) is 0 Å². The molecular weight excluding hydrogens is 168 g/mol. The first kappa shape index (κ1) is 12.1. The molecule has 0 radical (unpaired) electrons. The first-order valence-electron chi connectivity index (χ1n) is 6.16. The Labute approximate surface area is 90.5 Å². The van der Waals surface area contributed by atoms with Crippen molar-refractivity contribution in [3.8, 4) is 0 Å². The van der Waals surface area contributed by atoms with Gasteiger partial charge in [0.2, 0.25) is 0 Å². The van der Waals surface area contributed by atoms with E-state index in [1.807, 2.05) is 0 Å². The molecule has 0 amide bonds. The van der Waals surface area contributed by atoms with Crippen LogP contribution in [-0.4, -0.2) is 0 Å². The van der Waals surface area contributed by atoms with E-state index in [1.165, 1.54) is 12.8 Å². The molecule has 0 aromatic rings. The second-order valence-electron chi connectivity index (χ2n) is 7.27. The van der Waals surface area contributed by atoms with Crippen LogP contribution in [0.2, 0.25) is 0 Å². The molecule has 2 atom stereocenters. The Bertz CT molecular complexity index is 193. The molecule has 1 fully saturated rings. The molecule has 0 bridgehead atoms. The Morgan fingerprint density at radius 3 is 1.93 bits per heavy atom. The predicted molar refractivity (Wildman–Crippen MR) is 64.3 cm³/mol. The van der Waals surface area contributed by atoms with Gasteiger partial charge in [-0.05, 0) is 41.4 Å². The predicted octanol–water partition coefficient (Wildman–Crippen LogP) is 4.74. The molecule has 14 heavy (non-hydrogen) atoms. The third-order valence-electron chi connectivity index (χ3n) is 4.27. The lowest BCUT2D eigenvalue weighted by molar-refractivity contribution is 0.0881. The maximum atomic E-state index is 2.46. The molecule has 0 heterocycles. The summed E-state index contributed by atoms with van der Waals surface area (Å²) in [5, 5.41) is 0. The standard InChI is InChI=1S/C14H28/c1-10(2)12-11(13(3,4)5)8-9-14(12,6)7/h10-12H,8-9H2,1-7H3/t11-,12-/m0/s1. The molecule has 0 aromatic carbocycles. The van der Waals surface area contributed by atoms with Crippen LogP contribution < -0.4 is 0 Å². The smallest absolute Gasteiger partial charge is 0.0306 e. The molecule has 0 heteroatoms. The topological polar surface area (TPSA) is 0 Å². The van der Waals surface area contributed by atoms with Crippen LogP contribution in [0, 0.1) is 28.6 Å². The summed E-state index contributed by atoms with van der Waals surface area (Å²) in [7, 11) is 0.